The Hall–Kier alpha value is -0.160. The van der Waals surface area contributed by atoms with Crippen LogP contribution in [-0.2, 0) is 0 Å². The number of thiazole rings is 1. The van der Waals surface area contributed by atoms with Gasteiger partial charge < -0.3 is 0 Å². The Balaban J connectivity index is 3.47. The van der Waals surface area contributed by atoms with Gasteiger partial charge in [0.2, 0.25) is 0 Å². The highest BCUT2D eigenvalue weighted by Gasteiger charge is 1.90. The lowest BCUT2D eigenvalue weighted by Gasteiger charge is -1.70. The van der Waals surface area contributed by atoms with Crippen molar-refractivity contribution in [3.05, 3.63) is 27.5 Å². The van der Waals surface area contributed by atoms with Gasteiger partial charge in [0.05, 0.1) is 14.9 Å². The summed E-state index contributed by atoms with van der Waals surface area (Å²) in [7, 11) is 0. The molecular weight excluding hydrogens is 269 g/mol. The van der Waals surface area contributed by atoms with Gasteiger partial charge in [0, 0.05) is 0 Å². The van der Waals surface area contributed by atoms with Crippen LogP contribution in [0, 0.1) is 6.92 Å². The molecule has 0 atom stereocenters. The zero-order valence-corrected chi connectivity index (χ0v) is 9.15. The number of allylic oxidation sites excluding steroid dienone is 1. The summed E-state index contributed by atoms with van der Waals surface area (Å²) in [5.41, 5.74) is 0. The molecule has 0 amide bonds. The van der Waals surface area contributed by atoms with Crippen LogP contribution >= 0.6 is 33.9 Å². The van der Waals surface area contributed by atoms with E-state index in [2.05, 4.69) is 34.2 Å². The highest BCUT2D eigenvalue weighted by molar-refractivity contribution is 14.1. The molecule has 0 saturated heterocycles. The molecule has 1 aromatic rings. The van der Waals surface area contributed by atoms with Gasteiger partial charge in [-0.2, -0.15) is 0 Å². The molecule has 0 aliphatic rings. The van der Waals surface area contributed by atoms with Crippen molar-refractivity contribution >= 4 is 44.1 Å². The first kappa shape index (κ1) is 8.93. The molecule has 3 heteroatoms. The molecule has 58 valence electrons. The minimum atomic E-state index is 1.02. The normalized spacial score (nSPS) is 14.0. The van der Waals surface area contributed by atoms with Crippen molar-refractivity contribution in [2.45, 2.75) is 6.92 Å². The van der Waals surface area contributed by atoms with Crippen molar-refractivity contribution in [1.82, 2.24) is 4.98 Å². The Morgan fingerprint density at radius 1 is 1.64 bits per heavy atom. The lowest BCUT2D eigenvalue weighted by atomic mass is 10.5. The van der Waals surface area contributed by atoms with Gasteiger partial charge in [-0.05, 0) is 17.1 Å². The number of aromatic nitrogens is 1. The third-order valence-electron chi connectivity index (χ3n) is 1.16. The monoisotopic (exact) mass is 277 g/mol. The summed E-state index contributed by atoms with van der Waals surface area (Å²) in [4.78, 5) is 4.33. The van der Waals surface area contributed by atoms with Gasteiger partial charge in [-0.3, -0.25) is 0 Å². The van der Waals surface area contributed by atoms with Gasteiger partial charge >= 0.3 is 0 Å². The first-order valence-corrected chi connectivity index (χ1v) is 5.20. The van der Waals surface area contributed by atoms with Crippen LogP contribution < -0.4 is 9.88 Å². The third kappa shape index (κ3) is 2.13. The zero-order valence-electron chi connectivity index (χ0n) is 6.17. The molecule has 0 spiro atoms. The molecule has 0 aliphatic carbocycles. The molecule has 1 heterocycles. The van der Waals surface area contributed by atoms with Crippen LogP contribution in [0.3, 0.4) is 0 Å². The van der Waals surface area contributed by atoms with Crippen LogP contribution in [0.1, 0.15) is 5.01 Å². The Bertz CT molecular complexity index is 364. The molecular formula is C8H8INS. The van der Waals surface area contributed by atoms with Crippen molar-refractivity contribution < 1.29 is 0 Å². The molecule has 0 fully saturated rings. The number of halogens is 1. The van der Waals surface area contributed by atoms with Gasteiger partial charge in [-0.15, -0.1) is 11.3 Å². The summed E-state index contributed by atoms with van der Waals surface area (Å²) in [6.45, 7) is 5.64. The Kier molecular flexibility index (Phi) is 3.26. The highest BCUT2D eigenvalue weighted by atomic mass is 127. The van der Waals surface area contributed by atoms with E-state index in [0.29, 0.717) is 0 Å². The van der Waals surface area contributed by atoms with Crippen LogP contribution in [0.25, 0.3) is 10.2 Å². The van der Waals surface area contributed by atoms with E-state index in [4.69, 9.17) is 0 Å². The summed E-state index contributed by atoms with van der Waals surface area (Å²) < 4.78 is 3.25. The molecule has 0 aromatic carbocycles. The number of hydrogen-bond donors (Lipinski definition) is 0. The van der Waals surface area contributed by atoms with Crippen LogP contribution in [0.4, 0.5) is 0 Å². The summed E-state index contributed by atoms with van der Waals surface area (Å²) in [5.74, 6) is 0. The summed E-state index contributed by atoms with van der Waals surface area (Å²) >= 11 is 3.92. The smallest absolute Gasteiger partial charge is 0.0907 e. The van der Waals surface area contributed by atoms with Crippen molar-refractivity contribution in [3.63, 3.8) is 0 Å². The molecule has 11 heavy (non-hydrogen) atoms. The fourth-order valence-corrected chi connectivity index (χ4v) is 2.19. The lowest BCUT2D eigenvalue weighted by molar-refractivity contribution is 1.23. The van der Waals surface area contributed by atoms with Crippen molar-refractivity contribution in [2.75, 3.05) is 0 Å². The van der Waals surface area contributed by atoms with E-state index in [9.17, 15) is 0 Å². The van der Waals surface area contributed by atoms with Crippen LogP contribution in [0.2, 0.25) is 0 Å². The SMILES string of the molecule is C=C/C=c1/nc(C)s/c1=C/I. The molecule has 1 rings (SSSR count). The number of aryl methyl sites for hydroxylation is 1. The van der Waals surface area contributed by atoms with Gasteiger partial charge in [0.25, 0.3) is 0 Å². The largest absolute Gasteiger partial charge is 0.241 e. The lowest BCUT2D eigenvalue weighted by Crippen LogP contribution is -2.19. The average Bonchev–Trinajstić information content (AvgIpc) is 2.32. The fourth-order valence-electron chi connectivity index (χ4n) is 0.768. The van der Waals surface area contributed by atoms with E-state index < -0.39 is 0 Å². The minimum Gasteiger partial charge on any atom is -0.241 e. The highest BCUT2D eigenvalue weighted by Crippen LogP contribution is 1.92. The zero-order chi connectivity index (χ0) is 8.27. The first-order valence-electron chi connectivity index (χ1n) is 3.14. The van der Waals surface area contributed by atoms with Gasteiger partial charge in [-0.25, -0.2) is 4.98 Å². The predicted molar refractivity (Wildman–Crippen MR) is 59.2 cm³/mol. The maximum absolute atomic E-state index is 4.33. The van der Waals surface area contributed by atoms with Crippen molar-refractivity contribution in [1.29, 1.82) is 0 Å². The van der Waals surface area contributed by atoms with E-state index in [0.717, 1.165) is 10.4 Å². The van der Waals surface area contributed by atoms with Crippen LogP contribution in [-0.4, -0.2) is 4.98 Å². The molecule has 0 N–H and O–H groups in total. The van der Waals surface area contributed by atoms with Crippen molar-refractivity contribution in [2.24, 2.45) is 0 Å². The second-order valence-corrected chi connectivity index (χ2v) is 3.85. The van der Waals surface area contributed by atoms with E-state index in [-0.39, 0.29) is 0 Å². The predicted octanol–water partition coefficient (Wildman–Crippen LogP) is 1.59. The van der Waals surface area contributed by atoms with Crippen LogP contribution in [0.5, 0.6) is 0 Å². The Labute approximate surface area is 83.3 Å². The molecule has 1 nitrogen and oxygen atoms in total. The fraction of sp³-hybridized carbons (Fsp3) is 0.125. The van der Waals surface area contributed by atoms with E-state index in [1.54, 1.807) is 17.4 Å². The van der Waals surface area contributed by atoms with E-state index in [1.807, 2.05) is 17.1 Å². The Morgan fingerprint density at radius 2 is 2.36 bits per heavy atom. The summed E-state index contributed by atoms with van der Waals surface area (Å²) in [5, 5.41) is 2.12. The number of hydrogen-bond acceptors (Lipinski definition) is 2. The van der Waals surface area contributed by atoms with Gasteiger partial charge in [-0.1, -0.05) is 35.2 Å². The quantitative estimate of drug-likeness (QED) is 0.710. The van der Waals surface area contributed by atoms with Crippen LogP contribution in [0.15, 0.2) is 12.7 Å². The molecule has 0 unspecified atom stereocenters. The average molecular weight is 277 g/mol. The number of nitrogens with zero attached hydrogens (tertiary/aromatic N) is 1. The molecule has 0 saturated carbocycles. The standard InChI is InChI=1S/C8H8INS/c1-3-4-7-8(5-9)11-6(2)10-7/h3-5H,1H2,2H3/b7-4+,8-5+. The molecule has 1 aromatic heterocycles. The Morgan fingerprint density at radius 3 is 2.91 bits per heavy atom. The minimum absolute atomic E-state index is 1.02. The first-order chi connectivity index (χ1) is 5.27. The van der Waals surface area contributed by atoms with Crippen molar-refractivity contribution in [3.8, 4) is 0 Å². The third-order valence-corrected chi connectivity index (χ3v) is 3.14. The second-order valence-electron chi connectivity index (χ2n) is 1.99. The second kappa shape index (κ2) is 4.01. The molecule has 0 aliphatic heterocycles. The summed E-state index contributed by atoms with van der Waals surface area (Å²) in [6.07, 6.45) is 3.69. The number of rotatable bonds is 1. The van der Waals surface area contributed by atoms with E-state index in [1.165, 1.54) is 4.53 Å². The van der Waals surface area contributed by atoms with Gasteiger partial charge in [0.1, 0.15) is 0 Å². The topological polar surface area (TPSA) is 12.9 Å². The van der Waals surface area contributed by atoms with Gasteiger partial charge in [0.15, 0.2) is 0 Å². The summed E-state index contributed by atoms with van der Waals surface area (Å²) in [6, 6.07) is 0. The maximum atomic E-state index is 4.33. The van der Waals surface area contributed by atoms with E-state index >= 15 is 0 Å². The maximum Gasteiger partial charge on any atom is 0.0907 e. The molecule has 0 radical (unpaired) electrons. The molecule has 0 bridgehead atoms.